The molecule has 1 N–H and O–H groups in total. The number of hydrazine groups is 1. The molecule has 1 saturated heterocycles. The maximum Gasteiger partial charge on any atom is 0.257 e. The Kier molecular flexibility index (Phi) is 1.30. The van der Waals surface area contributed by atoms with Gasteiger partial charge < -0.3 is 0 Å². The van der Waals surface area contributed by atoms with Crippen molar-refractivity contribution in [3.05, 3.63) is 12.7 Å². The van der Waals surface area contributed by atoms with Crippen LogP contribution in [0.3, 0.4) is 0 Å². The van der Waals surface area contributed by atoms with Crippen LogP contribution >= 0.6 is 0 Å². The predicted molar refractivity (Wildman–Crippen MR) is 29.9 cm³/mol. The number of hydrogen-bond donors (Lipinski definition) is 1. The highest BCUT2D eigenvalue weighted by Gasteiger charge is 2.17. The van der Waals surface area contributed by atoms with E-state index in [1.807, 2.05) is 5.01 Å². The van der Waals surface area contributed by atoms with E-state index in [-0.39, 0.29) is 5.91 Å². The zero-order valence-corrected chi connectivity index (χ0v) is 4.55. The van der Waals surface area contributed by atoms with Crippen LogP contribution in [0.5, 0.6) is 0 Å². The van der Waals surface area contributed by atoms with E-state index in [0.717, 1.165) is 13.1 Å². The van der Waals surface area contributed by atoms with E-state index < -0.39 is 0 Å². The quantitative estimate of drug-likeness (QED) is 0.386. The Bertz CT molecular complexity index is 118. The SMILES string of the molecule is C=CC(=O)NN1CC1. The second-order valence-corrected chi connectivity index (χ2v) is 1.67. The molecule has 0 saturated carbocycles. The molecule has 1 amide bonds. The summed E-state index contributed by atoms with van der Waals surface area (Å²) < 4.78 is 0. The van der Waals surface area contributed by atoms with Crippen LogP contribution in [0.25, 0.3) is 0 Å². The molecule has 8 heavy (non-hydrogen) atoms. The zero-order valence-electron chi connectivity index (χ0n) is 4.55. The highest BCUT2D eigenvalue weighted by molar-refractivity contribution is 5.86. The van der Waals surface area contributed by atoms with E-state index in [0.29, 0.717) is 0 Å². The Morgan fingerprint density at radius 1 is 1.75 bits per heavy atom. The first-order chi connectivity index (χ1) is 3.83. The molecule has 1 aliphatic rings. The van der Waals surface area contributed by atoms with Gasteiger partial charge in [-0.1, -0.05) is 6.58 Å². The van der Waals surface area contributed by atoms with E-state index >= 15 is 0 Å². The summed E-state index contributed by atoms with van der Waals surface area (Å²) in [4.78, 5) is 10.4. The van der Waals surface area contributed by atoms with Crippen LogP contribution in [-0.4, -0.2) is 24.0 Å². The minimum absolute atomic E-state index is 0.123. The number of nitrogens with one attached hydrogen (secondary N) is 1. The lowest BCUT2D eigenvalue weighted by atomic mass is 10.6. The van der Waals surface area contributed by atoms with Crippen molar-refractivity contribution in [3.8, 4) is 0 Å². The van der Waals surface area contributed by atoms with Gasteiger partial charge in [0.2, 0.25) is 0 Å². The Balaban J connectivity index is 2.16. The van der Waals surface area contributed by atoms with Crippen molar-refractivity contribution in [2.75, 3.05) is 13.1 Å². The average Bonchev–Trinajstić information content (AvgIpc) is 2.50. The van der Waals surface area contributed by atoms with Crippen LogP contribution in [0.4, 0.5) is 0 Å². The summed E-state index contributed by atoms with van der Waals surface area (Å²) in [6, 6.07) is 0. The second-order valence-electron chi connectivity index (χ2n) is 1.67. The van der Waals surface area contributed by atoms with Crippen molar-refractivity contribution >= 4 is 5.91 Å². The van der Waals surface area contributed by atoms with E-state index in [2.05, 4.69) is 12.0 Å². The van der Waals surface area contributed by atoms with Gasteiger partial charge in [-0.25, -0.2) is 5.01 Å². The summed E-state index contributed by atoms with van der Waals surface area (Å²) in [6.07, 6.45) is 1.26. The third-order valence-electron chi connectivity index (χ3n) is 0.901. The fourth-order valence-corrected chi connectivity index (χ4v) is 0.363. The van der Waals surface area contributed by atoms with Gasteiger partial charge in [0.25, 0.3) is 5.91 Å². The van der Waals surface area contributed by atoms with E-state index in [1.165, 1.54) is 6.08 Å². The Hall–Kier alpha value is -0.830. The lowest BCUT2D eigenvalue weighted by Crippen LogP contribution is -2.26. The van der Waals surface area contributed by atoms with E-state index in [9.17, 15) is 4.79 Å². The maximum absolute atomic E-state index is 10.4. The van der Waals surface area contributed by atoms with Crippen LogP contribution in [0.1, 0.15) is 0 Å². The molecular formula is C5H8N2O. The second kappa shape index (κ2) is 1.96. The summed E-state index contributed by atoms with van der Waals surface area (Å²) in [5.41, 5.74) is 2.58. The Labute approximate surface area is 47.9 Å². The molecular weight excluding hydrogens is 104 g/mol. The third-order valence-corrected chi connectivity index (χ3v) is 0.901. The molecule has 0 radical (unpaired) electrons. The van der Waals surface area contributed by atoms with Crippen LogP contribution in [-0.2, 0) is 4.79 Å². The fraction of sp³-hybridized carbons (Fsp3) is 0.400. The molecule has 0 atom stereocenters. The molecule has 0 aromatic carbocycles. The first-order valence-corrected chi connectivity index (χ1v) is 2.51. The van der Waals surface area contributed by atoms with Crippen molar-refractivity contribution in [3.63, 3.8) is 0 Å². The van der Waals surface area contributed by atoms with Crippen molar-refractivity contribution in [1.29, 1.82) is 0 Å². The van der Waals surface area contributed by atoms with Gasteiger partial charge in [-0.05, 0) is 6.08 Å². The van der Waals surface area contributed by atoms with Gasteiger partial charge in [-0.15, -0.1) is 0 Å². The topological polar surface area (TPSA) is 32.1 Å². The van der Waals surface area contributed by atoms with Gasteiger partial charge in [0.1, 0.15) is 0 Å². The van der Waals surface area contributed by atoms with Crippen LogP contribution in [0.2, 0.25) is 0 Å². The van der Waals surface area contributed by atoms with Crippen molar-refractivity contribution in [2.45, 2.75) is 0 Å². The molecule has 3 heteroatoms. The average molecular weight is 112 g/mol. The van der Waals surface area contributed by atoms with E-state index in [4.69, 9.17) is 0 Å². The van der Waals surface area contributed by atoms with Crippen LogP contribution in [0.15, 0.2) is 12.7 Å². The lowest BCUT2D eigenvalue weighted by molar-refractivity contribution is -0.118. The molecule has 0 bridgehead atoms. The molecule has 1 rings (SSSR count). The smallest absolute Gasteiger partial charge is 0.257 e. The highest BCUT2D eigenvalue weighted by Crippen LogP contribution is 1.95. The Morgan fingerprint density at radius 2 is 2.38 bits per heavy atom. The summed E-state index contributed by atoms with van der Waals surface area (Å²) in [5.74, 6) is -0.123. The number of amides is 1. The van der Waals surface area contributed by atoms with Gasteiger partial charge in [-0.2, -0.15) is 0 Å². The lowest BCUT2D eigenvalue weighted by Gasteiger charge is -1.96. The number of carbonyl (C=O) groups excluding carboxylic acids is 1. The van der Waals surface area contributed by atoms with Crippen molar-refractivity contribution in [1.82, 2.24) is 10.4 Å². The summed E-state index contributed by atoms with van der Waals surface area (Å²) in [7, 11) is 0. The van der Waals surface area contributed by atoms with E-state index in [1.54, 1.807) is 0 Å². The van der Waals surface area contributed by atoms with Gasteiger partial charge in [-0.3, -0.25) is 10.2 Å². The first-order valence-electron chi connectivity index (χ1n) is 2.51. The molecule has 0 spiro atoms. The summed E-state index contributed by atoms with van der Waals surface area (Å²) in [5, 5.41) is 1.81. The minimum Gasteiger partial charge on any atom is -0.285 e. The third kappa shape index (κ3) is 1.35. The molecule has 3 nitrogen and oxygen atoms in total. The molecule has 1 aliphatic heterocycles. The molecule has 1 heterocycles. The summed E-state index contributed by atoms with van der Waals surface area (Å²) >= 11 is 0. The largest absolute Gasteiger partial charge is 0.285 e. The minimum atomic E-state index is -0.123. The number of hydrogen-bond acceptors (Lipinski definition) is 2. The monoisotopic (exact) mass is 112 g/mol. The fourth-order valence-electron chi connectivity index (χ4n) is 0.363. The zero-order chi connectivity index (χ0) is 5.98. The van der Waals surface area contributed by atoms with Crippen molar-refractivity contribution < 1.29 is 4.79 Å². The number of carbonyl (C=O) groups is 1. The molecule has 0 aromatic rings. The molecule has 1 fully saturated rings. The van der Waals surface area contributed by atoms with Crippen molar-refractivity contribution in [2.24, 2.45) is 0 Å². The molecule has 44 valence electrons. The summed E-state index contributed by atoms with van der Waals surface area (Å²) in [6.45, 7) is 5.25. The standard InChI is InChI=1S/C5H8N2O/c1-2-5(8)6-7-3-4-7/h2H,1,3-4H2,(H,6,8). The highest BCUT2D eigenvalue weighted by atomic mass is 16.2. The van der Waals surface area contributed by atoms with Crippen LogP contribution in [0, 0.1) is 0 Å². The van der Waals surface area contributed by atoms with Gasteiger partial charge in [0.05, 0.1) is 0 Å². The normalized spacial score (nSPS) is 17.5. The maximum atomic E-state index is 10.4. The molecule has 0 aliphatic carbocycles. The predicted octanol–water partition coefficient (Wildman–Crippen LogP) is -0.481. The number of nitrogens with zero attached hydrogens (tertiary/aromatic N) is 1. The van der Waals surface area contributed by atoms with Gasteiger partial charge in [0.15, 0.2) is 0 Å². The number of rotatable bonds is 2. The Morgan fingerprint density at radius 3 is 2.75 bits per heavy atom. The molecule has 0 aromatic heterocycles. The van der Waals surface area contributed by atoms with Gasteiger partial charge >= 0.3 is 0 Å². The molecule has 0 unspecified atom stereocenters. The van der Waals surface area contributed by atoms with Crippen LogP contribution < -0.4 is 5.43 Å². The first kappa shape index (κ1) is 5.31. The van der Waals surface area contributed by atoms with Gasteiger partial charge in [0, 0.05) is 13.1 Å².